The van der Waals surface area contributed by atoms with Crippen LogP contribution in [0.4, 0.5) is 0 Å². The van der Waals surface area contributed by atoms with E-state index in [1.165, 1.54) is 0 Å². The summed E-state index contributed by atoms with van der Waals surface area (Å²) in [7, 11) is 0. The van der Waals surface area contributed by atoms with Crippen LogP contribution in [-0.2, 0) is 9.53 Å². The van der Waals surface area contributed by atoms with Crippen molar-refractivity contribution in [1.82, 2.24) is 0 Å². The maximum absolute atomic E-state index is 9.46. The summed E-state index contributed by atoms with van der Waals surface area (Å²) in [5.41, 5.74) is 0. The first-order chi connectivity index (χ1) is 3.41. The second-order valence-corrected chi connectivity index (χ2v) is 1.32. The van der Waals surface area contributed by atoms with Crippen molar-refractivity contribution in [2.24, 2.45) is 0 Å². The number of rotatable bonds is 4. The molecule has 0 bridgehead atoms. The van der Waals surface area contributed by atoms with Crippen molar-refractivity contribution in [3.8, 4) is 0 Å². The monoisotopic (exact) mass is 110 g/mol. The van der Waals surface area contributed by atoms with Crippen molar-refractivity contribution < 1.29 is 9.53 Å². The van der Waals surface area contributed by atoms with Crippen LogP contribution in [0.25, 0.3) is 0 Å². The first kappa shape index (κ1) is 10.9. The predicted octanol–water partition coefficient (Wildman–Crippen LogP) is 0.311. The Hall–Kier alpha value is 0.0674. The van der Waals surface area contributed by atoms with Crippen LogP contribution in [0.2, 0.25) is 0 Å². The SMILES string of the molecule is CCCCOC=O.[LiH]. The predicted molar refractivity (Wildman–Crippen MR) is 34.1 cm³/mol. The fraction of sp³-hybridized carbons (Fsp3) is 0.800. The topological polar surface area (TPSA) is 26.3 Å². The molecule has 0 aromatic carbocycles. The zero-order valence-corrected chi connectivity index (χ0v) is 4.52. The summed E-state index contributed by atoms with van der Waals surface area (Å²) >= 11 is 0. The van der Waals surface area contributed by atoms with Crippen LogP contribution in [0.3, 0.4) is 0 Å². The summed E-state index contributed by atoms with van der Waals surface area (Å²) in [4.78, 5) is 9.46. The Morgan fingerprint density at radius 1 is 1.62 bits per heavy atom. The third kappa shape index (κ3) is 9.42. The Morgan fingerprint density at radius 2 is 2.25 bits per heavy atom. The summed E-state index contributed by atoms with van der Waals surface area (Å²) in [5.74, 6) is 0. The van der Waals surface area contributed by atoms with E-state index in [0.717, 1.165) is 12.8 Å². The molecule has 0 N–H and O–H groups in total. The summed E-state index contributed by atoms with van der Waals surface area (Å²) in [5, 5.41) is 0. The van der Waals surface area contributed by atoms with Crippen molar-refractivity contribution in [3.63, 3.8) is 0 Å². The van der Waals surface area contributed by atoms with Gasteiger partial charge < -0.3 is 4.74 Å². The van der Waals surface area contributed by atoms with E-state index in [1.54, 1.807) is 0 Å². The van der Waals surface area contributed by atoms with Gasteiger partial charge in [0.15, 0.2) is 0 Å². The Balaban J connectivity index is 0. The van der Waals surface area contributed by atoms with Crippen molar-refractivity contribution in [2.45, 2.75) is 19.8 Å². The van der Waals surface area contributed by atoms with E-state index < -0.39 is 0 Å². The van der Waals surface area contributed by atoms with Gasteiger partial charge in [-0.05, 0) is 6.42 Å². The molecular weight excluding hydrogens is 99.0 g/mol. The van der Waals surface area contributed by atoms with Crippen LogP contribution in [0.5, 0.6) is 0 Å². The van der Waals surface area contributed by atoms with Crippen molar-refractivity contribution in [3.05, 3.63) is 0 Å². The molecule has 0 heterocycles. The van der Waals surface area contributed by atoms with E-state index in [1.807, 2.05) is 6.92 Å². The van der Waals surface area contributed by atoms with E-state index in [-0.39, 0.29) is 18.9 Å². The molecule has 0 aliphatic rings. The molecule has 0 saturated carbocycles. The third-order valence-corrected chi connectivity index (χ3v) is 0.684. The molecule has 0 aromatic rings. The number of hydrogen-bond donors (Lipinski definition) is 0. The standard InChI is InChI=1S/C5H10O2.Li.H/c1-2-3-4-7-5-6;;/h5H,2-4H2,1H3;;. The van der Waals surface area contributed by atoms with Gasteiger partial charge in [0, 0.05) is 0 Å². The first-order valence-electron chi connectivity index (χ1n) is 2.47. The van der Waals surface area contributed by atoms with Crippen LogP contribution in [0.1, 0.15) is 19.8 Å². The molecule has 0 amide bonds. The molecule has 3 heteroatoms. The van der Waals surface area contributed by atoms with Gasteiger partial charge in [-0.2, -0.15) is 0 Å². The molecule has 2 nitrogen and oxygen atoms in total. The minimum atomic E-state index is 0. The van der Waals surface area contributed by atoms with E-state index >= 15 is 0 Å². The van der Waals surface area contributed by atoms with Crippen LogP contribution in [0.15, 0.2) is 0 Å². The van der Waals surface area contributed by atoms with Crippen LogP contribution >= 0.6 is 0 Å². The molecule has 0 fully saturated rings. The number of ether oxygens (including phenoxy) is 1. The number of carbonyl (C=O) groups excluding carboxylic acids is 1. The second-order valence-electron chi connectivity index (χ2n) is 1.32. The second kappa shape index (κ2) is 10.1. The zero-order chi connectivity index (χ0) is 5.54. The van der Waals surface area contributed by atoms with E-state index in [4.69, 9.17) is 0 Å². The van der Waals surface area contributed by atoms with Crippen molar-refractivity contribution in [1.29, 1.82) is 0 Å². The fourth-order valence-electron chi connectivity index (χ4n) is 0.276. The normalized spacial score (nSPS) is 7.12. The molecule has 8 heavy (non-hydrogen) atoms. The Bertz CT molecular complexity index is 47.7. The van der Waals surface area contributed by atoms with E-state index in [0.29, 0.717) is 13.1 Å². The molecule has 0 aliphatic carbocycles. The van der Waals surface area contributed by atoms with Crippen molar-refractivity contribution in [2.75, 3.05) is 6.61 Å². The molecule has 0 rings (SSSR count). The first-order valence-corrected chi connectivity index (χ1v) is 2.47. The molecule has 0 unspecified atom stereocenters. The maximum atomic E-state index is 9.46. The fourth-order valence-corrected chi connectivity index (χ4v) is 0.276. The van der Waals surface area contributed by atoms with Gasteiger partial charge >= 0.3 is 18.9 Å². The van der Waals surface area contributed by atoms with Gasteiger partial charge in [-0.1, -0.05) is 13.3 Å². The van der Waals surface area contributed by atoms with Crippen LogP contribution in [-0.4, -0.2) is 31.9 Å². The quantitative estimate of drug-likeness (QED) is 0.296. The van der Waals surface area contributed by atoms with Crippen LogP contribution in [0, 0.1) is 0 Å². The van der Waals surface area contributed by atoms with E-state index in [9.17, 15) is 4.79 Å². The van der Waals surface area contributed by atoms with Gasteiger partial charge in [-0.3, -0.25) is 4.79 Å². The van der Waals surface area contributed by atoms with Gasteiger partial charge in [-0.25, -0.2) is 0 Å². The number of hydrogen-bond acceptors (Lipinski definition) is 2. The molecule has 0 atom stereocenters. The molecule has 0 radical (unpaired) electrons. The van der Waals surface area contributed by atoms with Gasteiger partial charge in [0.05, 0.1) is 6.61 Å². The summed E-state index contributed by atoms with van der Waals surface area (Å²) in [6.45, 7) is 3.10. The molecular formula is C5H11LiO2. The number of unbranched alkanes of at least 4 members (excludes halogenated alkanes) is 1. The molecule has 44 valence electrons. The van der Waals surface area contributed by atoms with Gasteiger partial charge in [0.25, 0.3) is 6.47 Å². The Kier molecular flexibility index (Phi) is 13.9. The Morgan fingerprint density at radius 3 is 2.62 bits per heavy atom. The molecule has 0 spiro atoms. The number of carbonyl (C=O) groups is 1. The molecule has 0 aromatic heterocycles. The van der Waals surface area contributed by atoms with E-state index in [2.05, 4.69) is 4.74 Å². The molecule has 0 saturated heterocycles. The van der Waals surface area contributed by atoms with Gasteiger partial charge in [-0.15, -0.1) is 0 Å². The summed E-state index contributed by atoms with van der Waals surface area (Å²) in [6.07, 6.45) is 2.05. The van der Waals surface area contributed by atoms with Crippen LogP contribution < -0.4 is 0 Å². The van der Waals surface area contributed by atoms with Gasteiger partial charge in [0.2, 0.25) is 0 Å². The average molecular weight is 110 g/mol. The minimum absolute atomic E-state index is 0. The molecule has 0 aliphatic heterocycles. The average Bonchev–Trinajstić information content (AvgIpc) is 1.69. The van der Waals surface area contributed by atoms with Gasteiger partial charge in [0.1, 0.15) is 0 Å². The van der Waals surface area contributed by atoms with Crippen molar-refractivity contribution >= 4 is 25.3 Å². The summed E-state index contributed by atoms with van der Waals surface area (Å²) < 4.78 is 4.39. The Labute approximate surface area is 61.8 Å². The summed E-state index contributed by atoms with van der Waals surface area (Å²) in [6, 6.07) is 0. The zero-order valence-electron chi connectivity index (χ0n) is 4.52. The third-order valence-electron chi connectivity index (χ3n) is 0.684.